The number of imide groups is 1. The highest BCUT2D eigenvalue weighted by atomic mass is 16.3. The van der Waals surface area contributed by atoms with E-state index in [1.54, 1.807) is 20.2 Å². The van der Waals surface area contributed by atoms with Crippen molar-refractivity contribution in [3.05, 3.63) is 35.2 Å². The number of nitrogens with one attached hydrogen (secondary N) is 3. The number of phenols is 1. The van der Waals surface area contributed by atoms with Crippen LogP contribution in [0.25, 0.3) is 0 Å². The predicted octanol–water partition coefficient (Wildman–Crippen LogP) is 1.01. The summed E-state index contributed by atoms with van der Waals surface area (Å²) >= 11 is 0. The van der Waals surface area contributed by atoms with E-state index in [1.165, 1.54) is 17.0 Å². The molecule has 8 heteroatoms. The Hall–Kier alpha value is -3.03. The van der Waals surface area contributed by atoms with Crippen molar-refractivity contribution in [1.29, 1.82) is 0 Å². The third-order valence-electron chi connectivity index (χ3n) is 4.24. The number of benzene rings is 1. The normalized spacial score (nSPS) is 15.2. The lowest BCUT2D eigenvalue weighted by atomic mass is 10.1. The molecule has 0 unspecified atom stereocenters. The molecule has 1 aromatic rings. The number of nitrogens with zero attached hydrogens (tertiary/aromatic N) is 1. The zero-order chi connectivity index (χ0) is 19.6. The van der Waals surface area contributed by atoms with Crippen LogP contribution in [0.4, 0.5) is 5.69 Å². The number of phenolic OH excluding ortho intramolecular Hbond substituents is 1. The quantitative estimate of drug-likeness (QED) is 0.445. The van der Waals surface area contributed by atoms with E-state index >= 15 is 0 Å². The van der Waals surface area contributed by atoms with Crippen LogP contribution in [-0.4, -0.2) is 47.9 Å². The highest BCUT2D eigenvalue weighted by molar-refractivity contribution is 6.20. The highest BCUT2D eigenvalue weighted by Gasteiger charge is 2.32. The fourth-order valence-corrected chi connectivity index (χ4v) is 2.30. The number of carbonyl (C=O) groups excluding carboxylic acids is 3. The molecule has 8 nitrogen and oxygen atoms in total. The van der Waals surface area contributed by atoms with Gasteiger partial charge in [0.15, 0.2) is 5.75 Å². The topological polar surface area (TPSA) is 111 Å². The minimum atomic E-state index is -0.600. The van der Waals surface area contributed by atoms with Gasteiger partial charge in [0, 0.05) is 20.1 Å². The van der Waals surface area contributed by atoms with Crippen molar-refractivity contribution < 1.29 is 19.5 Å². The number of aromatic hydroxyl groups is 1. The van der Waals surface area contributed by atoms with E-state index in [1.807, 2.05) is 20.8 Å². The molecule has 140 valence electrons. The Morgan fingerprint density at radius 1 is 1.12 bits per heavy atom. The lowest BCUT2D eigenvalue weighted by Crippen LogP contribution is -2.35. The molecular weight excluding hydrogens is 336 g/mol. The van der Waals surface area contributed by atoms with Gasteiger partial charge in [0.1, 0.15) is 11.4 Å². The number of anilines is 1. The van der Waals surface area contributed by atoms with Gasteiger partial charge in [0.05, 0.1) is 11.3 Å². The Morgan fingerprint density at radius 2 is 1.73 bits per heavy atom. The van der Waals surface area contributed by atoms with Crippen molar-refractivity contribution in [1.82, 2.24) is 15.5 Å². The molecule has 1 atom stereocenters. The third-order valence-corrected chi connectivity index (χ3v) is 4.24. The molecule has 0 fully saturated rings. The summed E-state index contributed by atoms with van der Waals surface area (Å²) in [7, 11) is 3.14. The zero-order valence-corrected chi connectivity index (χ0v) is 15.5. The third kappa shape index (κ3) is 3.79. The average Bonchev–Trinajstić information content (AvgIpc) is 2.82. The molecule has 1 aliphatic rings. The molecule has 26 heavy (non-hydrogen) atoms. The lowest BCUT2D eigenvalue weighted by molar-refractivity contribution is -0.124. The van der Waals surface area contributed by atoms with Crippen LogP contribution in [0, 0.1) is 5.92 Å². The van der Waals surface area contributed by atoms with E-state index in [9.17, 15) is 19.5 Å². The van der Waals surface area contributed by atoms with Crippen molar-refractivity contribution in [3.8, 4) is 5.75 Å². The van der Waals surface area contributed by atoms with Crippen LogP contribution in [-0.2, 0) is 9.59 Å². The Balaban J connectivity index is 2.40. The number of amides is 3. The molecule has 1 heterocycles. The van der Waals surface area contributed by atoms with Gasteiger partial charge in [-0.05, 0) is 25.0 Å². The highest BCUT2D eigenvalue weighted by Crippen LogP contribution is 2.30. The molecule has 4 N–H and O–H groups in total. The Labute approximate surface area is 152 Å². The van der Waals surface area contributed by atoms with Crippen molar-refractivity contribution in [2.24, 2.45) is 5.92 Å². The second-order valence-electron chi connectivity index (χ2n) is 6.74. The van der Waals surface area contributed by atoms with Gasteiger partial charge in [0.2, 0.25) is 0 Å². The number of carbonyl (C=O) groups is 3. The summed E-state index contributed by atoms with van der Waals surface area (Å²) in [6.45, 7) is 5.88. The lowest BCUT2D eigenvalue weighted by Gasteiger charge is -2.19. The molecule has 1 aliphatic heterocycles. The van der Waals surface area contributed by atoms with Gasteiger partial charge < -0.3 is 20.6 Å². The van der Waals surface area contributed by atoms with Crippen molar-refractivity contribution >= 4 is 23.4 Å². The van der Waals surface area contributed by atoms with Crippen LogP contribution >= 0.6 is 0 Å². The monoisotopic (exact) mass is 360 g/mol. The molecule has 0 saturated carbocycles. The summed E-state index contributed by atoms with van der Waals surface area (Å²) in [5.41, 5.74) is 0.372. The van der Waals surface area contributed by atoms with E-state index in [2.05, 4.69) is 16.0 Å². The first-order chi connectivity index (χ1) is 12.1. The van der Waals surface area contributed by atoms with Gasteiger partial charge in [-0.25, -0.2) is 0 Å². The number of rotatable bonds is 6. The average molecular weight is 360 g/mol. The van der Waals surface area contributed by atoms with Gasteiger partial charge in [-0.1, -0.05) is 19.9 Å². The van der Waals surface area contributed by atoms with Crippen LogP contribution < -0.4 is 16.0 Å². The summed E-state index contributed by atoms with van der Waals surface area (Å²) in [5, 5.41) is 18.4. The van der Waals surface area contributed by atoms with Gasteiger partial charge in [-0.15, -0.1) is 0 Å². The predicted molar refractivity (Wildman–Crippen MR) is 97.4 cm³/mol. The second kappa shape index (κ2) is 7.47. The van der Waals surface area contributed by atoms with Crippen LogP contribution in [0.2, 0.25) is 0 Å². The van der Waals surface area contributed by atoms with Crippen molar-refractivity contribution in [3.63, 3.8) is 0 Å². The Kier molecular flexibility index (Phi) is 5.54. The first-order valence-corrected chi connectivity index (χ1v) is 8.30. The fourth-order valence-electron chi connectivity index (χ4n) is 2.30. The van der Waals surface area contributed by atoms with Gasteiger partial charge in [-0.3, -0.25) is 19.7 Å². The largest absolute Gasteiger partial charge is 0.505 e. The molecule has 0 aromatic heterocycles. The first-order valence-electron chi connectivity index (χ1n) is 8.30. The summed E-state index contributed by atoms with van der Waals surface area (Å²) < 4.78 is 0. The summed E-state index contributed by atoms with van der Waals surface area (Å²) in [5.74, 6) is -1.56. The van der Waals surface area contributed by atoms with Gasteiger partial charge in [-0.2, -0.15) is 0 Å². The molecule has 0 spiro atoms. The minimum Gasteiger partial charge on any atom is -0.505 e. The molecule has 3 amide bonds. The van der Waals surface area contributed by atoms with E-state index in [0.29, 0.717) is 0 Å². The van der Waals surface area contributed by atoms with Crippen LogP contribution in [0.15, 0.2) is 29.6 Å². The second-order valence-corrected chi connectivity index (χ2v) is 6.74. The maximum Gasteiger partial charge on any atom is 0.276 e. The Morgan fingerprint density at radius 3 is 2.31 bits per heavy atom. The summed E-state index contributed by atoms with van der Waals surface area (Å²) in [6.07, 6.45) is 0. The van der Waals surface area contributed by atoms with Crippen molar-refractivity contribution in [2.75, 3.05) is 19.4 Å². The fraction of sp³-hybridized carbons (Fsp3) is 0.389. The van der Waals surface area contributed by atoms with Gasteiger partial charge >= 0.3 is 0 Å². The van der Waals surface area contributed by atoms with Crippen LogP contribution in [0.3, 0.4) is 0 Å². The smallest absolute Gasteiger partial charge is 0.276 e. The number of hydrogen-bond acceptors (Lipinski definition) is 6. The number of para-hydroxylation sites is 1. The van der Waals surface area contributed by atoms with Crippen LogP contribution in [0.5, 0.6) is 5.75 Å². The molecule has 0 saturated heterocycles. The molecule has 0 aliphatic carbocycles. The van der Waals surface area contributed by atoms with E-state index in [-0.39, 0.29) is 46.3 Å². The number of hydrogen-bond donors (Lipinski definition) is 4. The standard InChI is InChI=1S/C18H24N4O4/c1-9(2)10(3)19-13-14(17(25)21-16(13)24)20-12-8-6-7-11(15(12)23)18(26)22(4)5/h6-10,23H,1-5H3,(H3,19,20,21,24,25)/t10-/m0/s1. The zero-order valence-electron chi connectivity index (χ0n) is 15.5. The molecule has 1 aromatic carbocycles. The minimum absolute atomic E-state index is 0.00671. The first kappa shape index (κ1) is 19.3. The maximum absolute atomic E-state index is 12.1. The molecular formula is C18H24N4O4. The van der Waals surface area contributed by atoms with Crippen molar-refractivity contribution in [2.45, 2.75) is 26.8 Å². The maximum atomic E-state index is 12.1. The summed E-state index contributed by atoms with van der Waals surface area (Å²) in [6, 6.07) is 4.54. The molecule has 0 radical (unpaired) electrons. The van der Waals surface area contributed by atoms with E-state index in [4.69, 9.17) is 0 Å². The summed E-state index contributed by atoms with van der Waals surface area (Å²) in [4.78, 5) is 37.7. The Bertz CT molecular complexity index is 783. The molecule has 2 rings (SSSR count). The van der Waals surface area contributed by atoms with E-state index < -0.39 is 11.8 Å². The van der Waals surface area contributed by atoms with Crippen LogP contribution in [0.1, 0.15) is 31.1 Å². The van der Waals surface area contributed by atoms with E-state index in [0.717, 1.165) is 0 Å². The van der Waals surface area contributed by atoms with Gasteiger partial charge in [0.25, 0.3) is 17.7 Å². The SMILES string of the molecule is CC(C)[C@H](C)NC1=C(Nc2cccc(C(=O)N(C)C)c2O)C(=O)NC1=O. The molecule has 0 bridgehead atoms.